The van der Waals surface area contributed by atoms with E-state index in [1.165, 1.54) is 5.56 Å². The van der Waals surface area contributed by atoms with E-state index in [0.29, 0.717) is 32.6 Å². The third-order valence-electron chi connectivity index (χ3n) is 6.77. The van der Waals surface area contributed by atoms with E-state index in [-0.39, 0.29) is 24.3 Å². The number of hydrogen-bond donors (Lipinski definition) is 2. The highest BCUT2D eigenvalue weighted by molar-refractivity contribution is 5.96. The zero-order chi connectivity index (χ0) is 27.2. The van der Waals surface area contributed by atoms with Crippen LogP contribution in [0.3, 0.4) is 0 Å². The number of amides is 1. The van der Waals surface area contributed by atoms with Crippen LogP contribution in [0, 0.1) is 0 Å². The number of carbonyl (C=O) groups is 1. The van der Waals surface area contributed by atoms with E-state index in [2.05, 4.69) is 70.5 Å². The Morgan fingerprint density at radius 2 is 1.74 bits per heavy atom. The second-order valence-electron chi connectivity index (χ2n) is 9.97. The molecule has 0 unspecified atom stereocenters. The van der Waals surface area contributed by atoms with Gasteiger partial charge in [0.05, 0.1) is 6.61 Å². The first-order valence-corrected chi connectivity index (χ1v) is 13.8. The third kappa shape index (κ3) is 11.5. The van der Waals surface area contributed by atoms with Gasteiger partial charge in [0.2, 0.25) is 5.91 Å². The van der Waals surface area contributed by atoms with E-state index in [4.69, 9.17) is 15.2 Å². The summed E-state index contributed by atoms with van der Waals surface area (Å²) in [7, 11) is 3.88. The molecule has 1 saturated heterocycles. The van der Waals surface area contributed by atoms with Crippen molar-refractivity contribution in [3.8, 4) is 16.9 Å². The predicted octanol–water partition coefficient (Wildman–Crippen LogP) is 4.10. The molecule has 2 aromatic carbocycles. The van der Waals surface area contributed by atoms with Crippen molar-refractivity contribution < 1.29 is 14.3 Å². The van der Waals surface area contributed by atoms with Gasteiger partial charge in [-0.3, -0.25) is 20.0 Å². The van der Waals surface area contributed by atoms with Crippen LogP contribution in [0.15, 0.2) is 47.5 Å². The average molecular weight is 560 g/mol. The number of aliphatic imine (C=N–C) groups is 1. The predicted molar refractivity (Wildman–Crippen MR) is 162 cm³/mol. The highest BCUT2D eigenvalue weighted by Gasteiger charge is 2.15. The summed E-state index contributed by atoms with van der Waals surface area (Å²) >= 11 is 0. The van der Waals surface area contributed by atoms with Gasteiger partial charge in [-0.2, -0.15) is 0 Å². The number of likely N-dealkylation sites (N-methyl/N-ethyl adjacent to an activating group) is 1. The Labute approximate surface area is 240 Å². The SMILES string of the molecule is CCCCN=C(N)NC(=O)CCc1ccc(-c2ccc(CN3CCN(C)CC3)cc2)c(OCCCOC)c1.Cl. The van der Waals surface area contributed by atoms with Crippen LogP contribution in [-0.4, -0.2) is 81.8 Å². The van der Waals surface area contributed by atoms with Crippen molar-refractivity contribution in [1.82, 2.24) is 15.1 Å². The van der Waals surface area contributed by atoms with Gasteiger partial charge in [-0.15, -0.1) is 12.4 Å². The van der Waals surface area contributed by atoms with Gasteiger partial charge in [-0.25, -0.2) is 0 Å². The second kappa shape index (κ2) is 17.8. The summed E-state index contributed by atoms with van der Waals surface area (Å²) < 4.78 is 11.4. The summed E-state index contributed by atoms with van der Waals surface area (Å²) in [4.78, 5) is 21.4. The molecular formula is C30H46ClN5O3. The molecule has 216 valence electrons. The maximum absolute atomic E-state index is 12.3. The Morgan fingerprint density at radius 3 is 2.44 bits per heavy atom. The van der Waals surface area contributed by atoms with Crippen LogP contribution in [0.2, 0.25) is 0 Å². The number of ether oxygens (including phenoxy) is 2. The lowest BCUT2D eigenvalue weighted by atomic mass is 9.99. The van der Waals surface area contributed by atoms with Gasteiger partial charge in [0.25, 0.3) is 0 Å². The fourth-order valence-electron chi connectivity index (χ4n) is 4.38. The van der Waals surface area contributed by atoms with Gasteiger partial charge in [0.1, 0.15) is 5.75 Å². The molecule has 3 rings (SSSR count). The van der Waals surface area contributed by atoms with Crippen molar-refractivity contribution in [2.45, 2.75) is 45.6 Å². The van der Waals surface area contributed by atoms with Crippen LogP contribution < -0.4 is 15.8 Å². The fourth-order valence-corrected chi connectivity index (χ4v) is 4.38. The number of benzene rings is 2. The summed E-state index contributed by atoms with van der Waals surface area (Å²) in [5, 5.41) is 2.68. The molecule has 3 N–H and O–H groups in total. The standard InChI is InChI=1S/C30H45N5O3.ClH/c1-4-5-15-32-30(31)33-29(36)14-10-24-9-13-27(28(22-24)38-21-6-20-37-3)26-11-7-25(8-12-26)23-35-18-16-34(2)17-19-35;/h7-9,11-13,22H,4-6,10,14-21,23H2,1-3H3,(H3,31,32,33,36);1H. The number of aryl methyl sites for hydroxylation is 1. The zero-order valence-electron chi connectivity index (χ0n) is 23.8. The normalized spacial score (nSPS) is 14.6. The van der Waals surface area contributed by atoms with Gasteiger partial charge in [-0.1, -0.05) is 49.7 Å². The Kier molecular flexibility index (Phi) is 14.9. The average Bonchev–Trinajstić information content (AvgIpc) is 2.92. The van der Waals surface area contributed by atoms with Crippen molar-refractivity contribution in [2.75, 3.05) is 60.1 Å². The maximum atomic E-state index is 12.3. The monoisotopic (exact) mass is 559 g/mol. The van der Waals surface area contributed by atoms with Crippen molar-refractivity contribution in [1.29, 1.82) is 0 Å². The number of carbonyl (C=O) groups excluding carboxylic acids is 1. The Morgan fingerprint density at radius 1 is 1.03 bits per heavy atom. The molecule has 8 nitrogen and oxygen atoms in total. The number of nitrogens with two attached hydrogens (primary N) is 1. The van der Waals surface area contributed by atoms with Crippen LogP contribution in [0.4, 0.5) is 0 Å². The number of hydrogen-bond acceptors (Lipinski definition) is 6. The first-order valence-electron chi connectivity index (χ1n) is 13.8. The minimum Gasteiger partial charge on any atom is -0.493 e. The summed E-state index contributed by atoms with van der Waals surface area (Å²) in [5.41, 5.74) is 10.4. The molecule has 1 aliphatic rings. The second-order valence-corrected chi connectivity index (χ2v) is 9.97. The topological polar surface area (TPSA) is 92.4 Å². The van der Waals surface area contributed by atoms with Crippen LogP contribution in [0.5, 0.6) is 5.75 Å². The summed E-state index contributed by atoms with van der Waals surface area (Å²) in [5.74, 6) is 0.883. The van der Waals surface area contributed by atoms with Crippen LogP contribution in [0.25, 0.3) is 11.1 Å². The molecule has 1 fully saturated rings. The number of unbranched alkanes of at least 4 members (excludes halogenated alkanes) is 1. The minimum absolute atomic E-state index is 0. The Hall–Kier alpha value is -2.65. The molecule has 1 heterocycles. The van der Waals surface area contributed by atoms with Gasteiger partial charge in [0.15, 0.2) is 5.96 Å². The van der Waals surface area contributed by atoms with E-state index < -0.39 is 0 Å². The largest absolute Gasteiger partial charge is 0.493 e. The highest BCUT2D eigenvalue weighted by atomic mass is 35.5. The minimum atomic E-state index is -0.134. The molecule has 0 aromatic heterocycles. The zero-order valence-corrected chi connectivity index (χ0v) is 24.6. The molecule has 2 aromatic rings. The number of guanidine groups is 1. The fraction of sp³-hybridized carbons (Fsp3) is 0.533. The van der Waals surface area contributed by atoms with Crippen molar-refractivity contribution in [3.63, 3.8) is 0 Å². The van der Waals surface area contributed by atoms with E-state index >= 15 is 0 Å². The summed E-state index contributed by atoms with van der Waals surface area (Å²) in [6, 6.07) is 15.0. The molecule has 1 aliphatic heterocycles. The lowest BCUT2D eigenvalue weighted by Crippen LogP contribution is -2.43. The number of halogens is 1. The molecule has 39 heavy (non-hydrogen) atoms. The quantitative estimate of drug-likeness (QED) is 0.206. The number of methoxy groups -OCH3 is 1. The molecular weight excluding hydrogens is 514 g/mol. The third-order valence-corrected chi connectivity index (χ3v) is 6.77. The number of nitrogens with zero attached hydrogens (tertiary/aromatic N) is 3. The highest BCUT2D eigenvalue weighted by Crippen LogP contribution is 2.32. The first-order chi connectivity index (χ1) is 18.5. The Bertz CT molecular complexity index is 1020. The van der Waals surface area contributed by atoms with Crippen LogP contribution in [-0.2, 0) is 22.5 Å². The molecule has 0 atom stereocenters. The maximum Gasteiger partial charge on any atom is 0.226 e. The summed E-state index contributed by atoms with van der Waals surface area (Å²) in [6.07, 6.45) is 3.72. The van der Waals surface area contributed by atoms with Crippen molar-refractivity contribution >= 4 is 24.3 Å². The molecule has 0 spiro atoms. The number of rotatable bonds is 14. The smallest absolute Gasteiger partial charge is 0.226 e. The van der Waals surface area contributed by atoms with Gasteiger partial charge < -0.3 is 20.1 Å². The Balaban J connectivity index is 0.00000533. The van der Waals surface area contributed by atoms with Crippen molar-refractivity contribution in [3.05, 3.63) is 53.6 Å². The first kappa shape index (κ1) is 32.6. The van der Waals surface area contributed by atoms with E-state index in [9.17, 15) is 4.79 Å². The molecule has 0 radical (unpaired) electrons. The van der Waals surface area contributed by atoms with E-state index in [1.807, 2.05) is 6.07 Å². The lowest BCUT2D eigenvalue weighted by Gasteiger charge is -2.32. The molecule has 0 aliphatic carbocycles. The van der Waals surface area contributed by atoms with E-state index in [1.54, 1.807) is 7.11 Å². The molecule has 0 bridgehead atoms. The van der Waals surface area contributed by atoms with Gasteiger partial charge in [0, 0.05) is 71.4 Å². The number of nitrogens with one attached hydrogen (secondary N) is 1. The van der Waals surface area contributed by atoms with Crippen molar-refractivity contribution in [2.24, 2.45) is 10.7 Å². The molecule has 9 heteroatoms. The van der Waals surface area contributed by atoms with Crippen LogP contribution >= 0.6 is 12.4 Å². The summed E-state index contributed by atoms with van der Waals surface area (Å²) in [6.45, 7) is 9.37. The van der Waals surface area contributed by atoms with Gasteiger partial charge in [-0.05, 0) is 42.6 Å². The van der Waals surface area contributed by atoms with E-state index in [0.717, 1.165) is 74.4 Å². The van der Waals surface area contributed by atoms with Gasteiger partial charge >= 0.3 is 0 Å². The lowest BCUT2D eigenvalue weighted by molar-refractivity contribution is -0.119. The van der Waals surface area contributed by atoms with Crippen LogP contribution in [0.1, 0.15) is 43.7 Å². The molecule has 1 amide bonds. The molecule has 0 saturated carbocycles. The number of piperazine rings is 1.